The highest BCUT2D eigenvalue weighted by molar-refractivity contribution is 5.94. The molecule has 0 aromatic heterocycles. The Labute approximate surface area is 196 Å². The average Bonchev–Trinajstić information content (AvgIpc) is 3.18. The number of ether oxygens (including phenoxy) is 1. The van der Waals surface area contributed by atoms with Crippen molar-refractivity contribution in [2.24, 2.45) is 5.92 Å². The molecule has 1 N–H and O–H groups in total. The zero-order chi connectivity index (χ0) is 23.3. The van der Waals surface area contributed by atoms with E-state index in [4.69, 9.17) is 4.74 Å². The Hall–Kier alpha value is -2.74. The first kappa shape index (κ1) is 23.4. The molecule has 33 heavy (non-hydrogen) atoms. The van der Waals surface area contributed by atoms with Crippen molar-refractivity contribution in [3.05, 3.63) is 71.8 Å². The maximum Gasteiger partial charge on any atom is 0.254 e. The number of nitrogens with one attached hydrogen (secondary N) is 1. The molecule has 2 atom stereocenters. The molecule has 4 rings (SSSR count). The van der Waals surface area contributed by atoms with Gasteiger partial charge in [-0.05, 0) is 25.2 Å². The van der Waals surface area contributed by atoms with Crippen molar-refractivity contribution in [3.63, 3.8) is 0 Å². The lowest BCUT2D eigenvalue weighted by Gasteiger charge is -2.38. The molecule has 2 aromatic rings. The highest BCUT2D eigenvalue weighted by Crippen LogP contribution is 2.35. The van der Waals surface area contributed by atoms with Gasteiger partial charge in [-0.25, -0.2) is 0 Å². The van der Waals surface area contributed by atoms with E-state index in [-0.39, 0.29) is 11.8 Å². The van der Waals surface area contributed by atoms with E-state index in [9.17, 15) is 9.59 Å². The summed E-state index contributed by atoms with van der Waals surface area (Å²) in [6, 6.07) is 20.2. The van der Waals surface area contributed by atoms with Crippen LogP contribution in [0.5, 0.6) is 0 Å². The predicted octanol–water partition coefficient (Wildman–Crippen LogP) is 1.59. The van der Waals surface area contributed by atoms with Crippen LogP contribution in [0.1, 0.15) is 11.1 Å². The molecule has 176 valence electrons. The monoisotopic (exact) mass is 450 g/mol. The second kappa shape index (κ2) is 10.5. The number of amides is 2. The first-order valence-corrected chi connectivity index (χ1v) is 11.6. The highest BCUT2D eigenvalue weighted by atomic mass is 16.5. The largest absolute Gasteiger partial charge is 0.361 e. The van der Waals surface area contributed by atoms with Gasteiger partial charge in [-0.1, -0.05) is 60.7 Å². The van der Waals surface area contributed by atoms with E-state index >= 15 is 0 Å². The molecule has 0 saturated carbocycles. The molecule has 0 radical (unpaired) electrons. The van der Waals surface area contributed by atoms with E-state index in [0.717, 1.165) is 17.7 Å². The fourth-order valence-corrected chi connectivity index (χ4v) is 4.75. The SMILES string of the molecule is CN(C)CCN(Cc1ccccc1)C(=O)[C@H]1CN(Cc2ccccc2)C[C@@]12OCCNC2=O. The third-order valence-corrected chi connectivity index (χ3v) is 6.49. The van der Waals surface area contributed by atoms with Crippen molar-refractivity contribution >= 4 is 11.8 Å². The molecular weight excluding hydrogens is 416 g/mol. The average molecular weight is 451 g/mol. The van der Waals surface area contributed by atoms with Crippen LogP contribution in [0.15, 0.2) is 60.7 Å². The minimum atomic E-state index is -1.14. The zero-order valence-corrected chi connectivity index (χ0v) is 19.6. The summed E-state index contributed by atoms with van der Waals surface area (Å²) in [4.78, 5) is 33.3. The van der Waals surface area contributed by atoms with E-state index in [1.54, 1.807) is 0 Å². The summed E-state index contributed by atoms with van der Waals surface area (Å²) in [5.41, 5.74) is 1.09. The standard InChI is InChI=1S/C26H34N4O3/c1-28(2)14-15-30(18-22-11-7-4-8-12-22)24(31)23-19-29(17-21-9-5-3-6-10-21)20-26(23)25(32)27-13-16-33-26/h3-12,23H,13-20H2,1-2H3,(H,27,32)/t23-,26-/m1/s1. The number of benzene rings is 2. The topological polar surface area (TPSA) is 65.1 Å². The van der Waals surface area contributed by atoms with Crippen molar-refractivity contribution in [3.8, 4) is 0 Å². The van der Waals surface area contributed by atoms with Crippen LogP contribution in [0.4, 0.5) is 0 Å². The Kier molecular flexibility index (Phi) is 7.42. The summed E-state index contributed by atoms with van der Waals surface area (Å²) in [6.07, 6.45) is 0. The molecule has 2 fully saturated rings. The Morgan fingerprint density at radius 3 is 2.36 bits per heavy atom. The molecule has 2 saturated heterocycles. The van der Waals surface area contributed by atoms with Crippen LogP contribution < -0.4 is 5.32 Å². The van der Waals surface area contributed by atoms with Gasteiger partial charge in [0.05, 0.1) is 12.5 Å². The predicted molar refractivity (Wildman–Crippen MR) is 127 cm³/mol. The van der Waals surface area contributed by atoms with E-state index in [0.29, 0.717) is 45.9 Å². The lowest BCUT2D eigenvalue weighted by Crippen LogP contribution is -2.62. The van der Waals surface area contributed by atoms with E-state index in [1.807, 2.05) is 67.5 Å². The van der Waals surface area contributed by atoms with Gasteiger partial charge in [-0.2, -0.15) is 0 Å². The molecule has 2 amide bonds. The number of hydrogen-bond acceptors (Lipinski definition) is 5. The number of rotatable bonds is 8. The highest BCUT2D eigenvalue weighted by Gasteiger charge is 2.58. The van der Waals surface area contributed by atoms with E-state index < -0.39 is 11.5 Å². The van der Waals surface area contributed by atoms with Crippen LogP contribution >= 0.6 is 0 Å². The van der Waals surface area contributed by atoms with Crippen LogP contribution in [0.3, 0.4) is 0 Å². The molecule has 2 aliphatic rings. The molecule has 2 aromatic carbocycles. The second-order valence-electron chi connectivity index (χ2n) is 9.25. The molecule has 0 unspecified atom stereocenters. The Morgan fingerprint density at radius 1 is 1.06 bits per heavy atom. The second-order valence-corrected chi connectivity index (χ2v) is 9.25. The van der Waals surface area contributed by atoms with Gasteiger partial charge in [0.25, 0.3) is 5.91 Å². The van der Waals surface area contributed by atoms with Crippen molar-refractivity contribution in [2.75, 3.05) is 53.4 Å². The summed E-state index contributed by atoms with van der Waals surface area (Å²) >= 11 is 0. The van der Waals surface area contributed by atoms with Crippen LogP contribution in [0.25, 0.3) is 0 Å². The van der Waals surface area contributed by atoms with Crippen molar-refractivity contribution in [2.45, 2.75) is 18.7 Å². The fraction of sp³-hybridized carbons (Fsp3) is 0.462. The van der Waals surface area contributed by atoms with E-state index in [1.165, 1.54) is 0 Å². The molecule has 1 spiro atoms. The van der Waals surface area contributed by atoms with Gasteiger partial charge in [-0.15, -0.1) is 0 Å². The number of morpholine rings is 1. The molecule has 0 aliphatic carbocycles. The number of hydrogen-bond donors (Lipinski definition) is 1. The molecule has 2 heterocycles. The van der Waals surface area contributed by atoms with Gasteiger partial charge in [0.2, 0.25) is 5.91 Å². The van der Waals surface area contributed by atoms with Gasteiger partial charge in [0, 0.05) is 45.8 Å². The fourth-order valence-electron chi connectivity index (χ4n) is 4.75. The van der Waals surface area contributed by atoms with Gasteiger partial charge < -0.3 is 19.9 Å². The van der Waals surface area contributed by atoms with Crippen LogP contribution in [0, 0.1) is 5.92 Å². The van der Waals surface area contributed by atoms with Crippen molar-refractivity contribution < 1.29 is 14.3 Å². The van der Waals surface area contributed by atoms with E-state index in [2.05, 4.69) is 27.2 Å². The zero-order valence-electron chi connectivity index (χ0n) is 19.6. The first-order chi connectivity index (χ1) is 16.0. The van der Waals surface area contributed by atoms with Crippen LogP contribution in [-0.4, -0.2) is 85.5 Å². The third-order valence-electron chi connectivity index (χ3n) is 6.49. The number of nitrogens with zero attached hydrogens (tertiary/aromatic N) is 3. The number of carbonyl (C=O) groups excluding carboxylic acids is 2. The summed E-state index contributed by atoms with van der Waals surface area (Å²) in [7, 11) is 4.00. The van der Waals surface area contributed by atoms with Crippen molar-refractivity contribution in [1.82, 2.24) is 20.0 Å². The number of carbonyl (C=O) groups is 2. The summed E-state index contributed by atoms with van der Waals surface area (Å²) in [6.45, 7) is 4.34. The first-order valence-electron chi connectivity index (χ1n) is 11.6. The summed E-state index contributed by atoms with van der Waals surface area (Å²) < 4.78 is 6.15. The number of likely N-dealkylation sites (tertiary alicyclic amines) is 1. The lowest BCUT2D eigenvalue weighted by atomic mass is 9.87. The third kappa shape index (κ3) is 5.43. The van der Waals surface area contributed by atoms with Gasteiger partial charge in [0.15, 0.2) is 5.60 Å². The quantitative estimate of drug-likeness (QED) is 0.662. The molecule has 7 heteroatoms. The minimum Gasteiger partial charge on any atom is -0.361 e. The lowest BCUT2D eigenvalue weighted by molar-refractivity contribution is -0.167. The Bertz CT molecular complexity index is 937. The smallest absolute Gasteiger partial charge is 0.254 e. The van der Waals surface area contributed by atoms with Gasteiger partial charge in [-0.3, -0.25) is 14.5 Å². The molecule has 2 aliphatic heterocycles. The normalized spacial score (nSPS) is 23.1. The minimum absolute atomic E-state index is 0.0201. The Balaban J connectivity index is 1.59. The maximum atomic E-state index is 14.0. The summed E-state index contributed by atoms with van der Waals surface area (Å²) in [5.74, 6) is -0.740. The van der Waals surface area contributed by atoms with Gasteiger partial charge in [0.1, 0.15) is 0 Å². The summed E-state index contributed by atoms with van der Waals surface area (Å²) in [5, 5.41) is 2.95. The van der Waals surface area contributed by atoms with Crippen molar-refractivity contribution in [1.29, 1.82) is 0 Å². The number of likely N-dealkylation sites (N-methyl/N-ethyl adjacent to an activating group) is 1. The van der Waals surface area contributed by atoms with Crippen LogP contribution in [0.2, 0.25) is 0 Å². The molecule has 0 bridgehead atoms. The maximum absolute atomic E-state index is 14.0. The van der Waals surface area contributed by atoms with Gasteiger partial charge >= 0.3 is 0 Å². The Morgan fingerprint density at radius 2 is 1.73 bits per heavy atom. The molecular formula is C26H34N4O3. The van der Waals surface area contributed by atoms with Crippen LogP contribution in [-0.2, 0) is 27.4 Å². The molecule has 7 nitrogen and oxygen atoms in total.